The molecule has 0 aliphatic rings. The lowest BCUT2D eigenvalue weighted by atomic mass is 10.0. The third kappa shape index (κ3) is 2.88. The summed E-state index contributed by atoms with van der Waals surface area (Å²) in [6, 6.07) is 9.98. The van der Waals surface area contributed by atoms with Gasteiger partial charge in [-0.3, -0.25) is 4.98 Å². The van der Waals surface area contributed by atoms with Crippen molar-refractivity contribution in [2.75, 3.05) is 0 Å². The van der Waals surface area contributed by atoms with Crippen molar-refractivity contribution in [1.29, 1.82) is 0 Å². The predicted octanol–water partition coefficient (Wildman–Crippen LogP) is 2.81. The summed E-state index contributed by atoms with van der Waals surface area (Å²) in [5.74, 6) is -0.279. The molecule has 1 heterocycles. The van der Waals surface area contributed by atoms with E-state index in [2.05, 4.69) is 4.98 Å². The van der Waals surface area contributed by atoms with Gasteiger partial charge in [-0.2, -0.15) is 0 Å². The molecule has 2 nitrogen and oxygen atoms in total. The Hall–Kier alpha value is -1.74. The minimum atomic E-state index is -0.698. The molecule has 0 saturated heterocycles. The number of aliphatic hydroxyl groups excluding tert-OH is 1. The summed E-state index contributed by atoms with van der Waals surface area (Å²) in [5, 5.41) is 10.0. The van der Waals surface area contributed by atoms with Crippen molar-refractivity contribution in [3.05, 3.63) is 65.2 Å². The van der Waals surface area contributed by atoms with Crippen LogP contribution in [-0.4, -0.2) is 10.1 Å². The average molecular weight is 231 g/mol. The lowest BCUT2D eigenvalue weighted by Crippen LogP contribution is -2.05. The van der Waals surface area contributed by atoms with Gasteiger partial charge in [-0.1, -0.05) is 12.1 Å². The van der Waals surface area contributed by atoms with Crippen LogP contribution in [0.2, 0.25) is 0 Å². The van der Waals surface area contributed by atoms with Gasteiger partial charge in [0.15, 0.2) is 0 Å². The molecule has 88 valence electrons. The first-order valence-corrected chi connectivity index (χ1v) is 5.51. The molecule has 1 aromatic carbocycles. The van der Waals surface area contributed by atoms with Crippen molar-refractivity contribution in [2.24, 2.45) is 0 Å². The zero-order valence-corrected chi connectivity index (χ0v) is 9.60. The van der Waals surface area contributed by atoms with Crippen molar-refractivity contribution in [3.63, 3.8) is 0 Å². The summed E-state index contributed by atoms with van der Waals surface area (Å²) in [4.78, 5) is 4.08. The lowest BCUT2D eigenvalue weighted by molar-refractivity contribution is 0.173. The monoisotopic (exact) mass is 231 g/mol. The number of aromatic nitrogens is 1. The smallest absolute Gasteiger partial charge is 0.123 e. The molecular weight excluding hydrogens is 217 g/mol. The van der Waals surface area contributed by atoms with E-state index in [1.54, 1.807) is 24.4 Å². The Bertz CT molecular complexity index is 499. The van der Waals surface area contributed by atoms with Crippen LogP contribution in [0.3, 0.4) is 0 Å². The number of hydrogen-bond acceptors (Lipinski definition) is 2. The second-order valence-corrected chi connectivity index (χ2v) is 4.05. The van der Waals surface area contributed by atoms with Crippen LogP contribution in [0.4, 0.5) is 4.39 Å². The second-order valence-electron chi connectivity index (χ2n) is 4.05. The van der Waals surface area contributed by atoms with Gasteiger partial charge in [0.2, 0.25) is 0 Å². The molecule has 17 heavy (non-hydrogen) atoms. The fourth-order valence-corrected chi connectivity index (χ4v) is 1.75. The van der Waals surface area contributed by atoms with E-state index >= 15 is 0 Å². The van der Waals surface area contributed by atoms with Gasteiger partial charge in [-0.05, 0) is 42.3 Å². The SMILES string of the molecule is Cc1ccc(F)cc1CC(O)c1ccccn1. The highest BCUT2D eigenvalue weighted by molar-refractivity contribution is 5.28. The molecule has 0 radical (unpaired) electrons. The Balaban J connectivity index is 2.18. The molecule has 0 spiro atoms. The maximum atomic E-state index is 13.1. The van der Waals surface area contributed by atoms with Crippen LogP contribution >= 0.6 is 0 Å². The molecule has 0 bridgehead atoms. The Morgan fingerprint density at radius 3 is 2.82 bits per heavy atom. The van der Waals surface area contributed by atoms with E-state index in [1.807, 2.05) is 13.0 Å². The van der Waals surface area contributed by atoms with Gasteiger partial charge < -0.3 is 5.11 Å². The normalized spacial score (nSPS) is 12.4. The summed E-state index contributed by atoms with van der Waals surface area (Å²) in [6.07, 6.45) is 1.31. The van der Waals surface area contributed by atoms with Crippen LogP contribution < -0.4 is 0 Å². The molecule has 0 saturated carbocycles. The summed E-state index contributed by atoms with van der Waals surface area (Å²) < 4.78 is 13.1. The number of aryl methyl sites for hydroxylation is 1. The van der Waals surface area contributed by atoms with Gasteiger partial charge >= 0.3 is 0 Å². The first kappa shape index (κ1) is 11.7. The van der Waals surface area contributed by atoms with E-state index < -0.39 is 6.10 Å². The van der Waals surface area contributed by atoms with Gasteiger partial charge in [0, 0.05) is 12.6 Å². The third-order valence-corrected chi connectivity index (χ3v) is 2.75. The van der Waals surface area contributed by atoms with E-state index in [0.717, 1.165) is 11.1 Å². The minimum Gasteiger partial charge on any atom is -0.386 e. The number of hydrogen-bond donors (Lipinski definition) is 1. The highest BCUT2D eigenvalue weighted by atomic mass is 19.1. The second kappa shape index (κ2) is 5.06. The standard InChI is InChI=1S/C14H14FNO/c1-10-5-6-12(15)8-11(10)9-14(17)13-4-2-3-7-16-13/h2-8,14,17H,9H2,1H3. The lowest BCUT2D eigenvalue weighted by Gasteiger charge is -2.12. The van der Waals surface area contributed by atoms with E-state index in [1.165, 1.54) is 12.1 Å². The van der Waals surface area contributed by atoms with E-state index in [0.29, 0.717) is 12.1 Å². The van der Waals surface area contributed by atoms with Gasteiger partial charge in [-0.15, -0.1) is 0 Å². The van der Waals surface area contributed by atoms with Crippen LogP contribution in [0.5, 0.6) is 0 Å². The number of nitrogens with zero attached hydrogens (tertiary/aromatic N) is 1. The molecule has 0 aliphatic carbocycles. The summed E-state index contributed by atoms with van der Waals surface area (Å²) in [7, 11) is 0. The number of aliphatic hydroxyl groups is 1. The van der Waals surface area contributed by atoms with Crippen LogP contribution in [0.1, 0.15) is 22.9 Å². The van der Waals surface area contributed by atoms with Crippen LogP contribution in [-0.2, 0) is 6.42 Å². The molecule has 0 amide bonds. The van der Waals surface area contributed by atoms with Crippen molar-refractivity contribution in [1.82, 2.24) is 4.98 Å². The first-order valence-electron chi connectivity index (χ1n) is 5.51. The zero-order valence-electron chi connectivity index (χ0n) is 9.60. The Morgan fingerprint density at radius 2 is 2.12 bits per heavy atom. The number of benzene rings is 1. The van der Waals surface area contributed by atoms with Crippen LogP contribution in [0.25, 0.3) is 0 Å². The summed E-state index contributed by atoms with van der Waals surface area (Å²) in [6.45, 7) is 1.90. The van der Waals surface area contributed by atoms with E-state index in [9.17, 15) is 9.50 Å². The topological polar surface area (TPSA) is 33.1 Å². The van der Waals surface area contributed by atoms with Crippen molar-refractivity contribution >= 4 is 0 Å². The fourth-order valence-electron chi connectivity index (χ4n) is 1.75. The number of rotatable bonds is 3. The quantitative estimate of drug-likeness (QED) is 0.881. The Kier molecular flexibility index (Phi) is 3.49. The Labute approximate surface area is 99.8 Å². The molecular formula is C14H14FNO. The van der Waals surface area contributed by atoms with E-state index in [4.69, 9.17) is 0 Å². The Morgan fingerprint density at radius 1 is 1.29 bits per heavy atom. The first-order chi connectivity index (χ1) is 8.16. The van der Waals surface area contributed by atoms with Gasteiger partial charge in [-0.25, -0.2) is 4.39 Å². The maximum absolute atomic E-state index is 13.1. The average Bonchev–Trinajstić information content (AvgIpc) is 2.35. The molecule has 1 atom stereocenters. The summed E-state index contributed by atoms with van der Waals surface area (Å²) >= 11 is 0. The van der Waals surface area contributed by atoms with Crippen molar-refractivity contribution in [2.45, 2.75) is 19.4 Å². The van der Waals surface area contributed by atoms with Gasteiger partial charge in [0.25, 0.3) is 0 Å². The molecule has 2 rings (SSSR count). The van der Waals surface area contributed by atoms with Gasteiger partial charge in [0.1, 0.15) is 5.82 Å². The van der Waals surface area contributed by atoms with E-state index in [-0.39, 0.29) is 5.82 Å². The number of pyridine rings is 1. The third-order valence-electron chi connectivity index (χ3n) is 2.75. The predicted molar refractivity (Wildman–Crippen MR) is 64.0 cm³/mol. The zero-order chi connectivity index (χ0) is 12.3. The van der Waals surface area contributed by atoms with Crippen LogP contribution in [0.15, 0.2) is 42.6 Å². The van der Waals surface area contributed by atoms with Crippen molar-refractivity contribution < 1.29 is 9.50 Å². The highest BCUT2D eigenvalue weighted by Crippen LogP contribution is 2.19. The van der Waals surface area contributed by atoms with Gasteiger partial charge in [0.05, 0.1) is 11.8 Å². The molecule has 1 N–H and O–H groups in total. The van der Waals surface area contributed by atoms with Crippen molar-refractivity contribution in [3.8, 4) is 0 Å². The molecule has 3 heteroatoms. The molecule has 0 aliphatic heterocycles. The molecule has 1 aromatic heterocycles. The molecule has 1 unspecified atom stereocenters. The molecule has 0 fully saturated rings. The van der Waals surface area contributed by atoms with Crippen LogP contribution in [0, 0.1) is 12.7 Å². The highest BCUT2D eigenvalue weighted by Gasteiger charge is 2.11. The summed E-state index contributed by atoms with van der Waals surface area (Å²) in [5.41, 5.74) is 2.39. The fraction of sp³-hybridized carbons (Fsp3) is 0.214. The maximum Gasteiger partial charge on any atom is 0.123 e. The largest absolute Gasteiger partial charge is 0.386 e. The molecule has 2 aromatic rings. The minimum absolute atomic E-state index is 0.279. The number of halogens is 1.